The quantitative estimate of drug-likeness (QED) is 0.465. The standard InChI is InChI=1S/C22H25N3O2S/c1-3-13-25-21(27)18-11-7-8-12-19(18)24-22(25)28-15-20(26)23-14-16(2)17-9-5-4-6-10-17/h4-12,16H,3,13-15H2,1-2H3,(H,23,26)/t16-/m0/s1. The number of aromatic nitrogens is 2. The average molecular weight is 396 g/mol. The van der Waals surface area contributed by atoms with Crippen LogP contribution in [0.1, 0.15) is 31.7 Å². The number of carbonyl (C=O) groups excluding carboxylic acids is 1. The van der Waals surface area contributed by atoms with Crippen LogP contribution in [-0.2, 0) is 11.3 Å². The molecule has 0 aliphatic rings. The van der Waals surface area contributed by atoms with E-state index in [0.717, 1.165) is 6.42 Å². The number of hydrogen-bond donors (Lipinski definition) is 1. The van der Waals surface area contributed by atoms with Gasteiger partial charge in [-0.15, -0.1) is 0 Å². The van der Waals surface area contributed by atoms with Crippen molar-refractivity contribution in [2.75, 3.05) is 12.3 Å². The summed E-state index contributed by atoms with van der Waals surface area (Å²) in [5.41, 5.74) is 1.82. The van der Waals surface area contributed by atoms with Gasteiger partial charge in [0.15, 0.2) is 5.16 Å². The molecule has 0 bridgehead atoms. The Balaban J connectivity index is 1.66. The van der Waals surface area contributed by atoms with Crippen LogP contribution in [0, 0.1) is 0 Å². The molecular weight excluding hydrogens is 370 g/mol. The zero-order chi connectivity index (χ0) is 19.9. The summed E-state index contributed by atoms with van der Waals surface area (Å²) in [5, 5.41) is 4.19. The summed E-state index contributed by atoms with van der Waals surface area (Å²) < 4.78 is 1.67. The van der Waals surface area contributed by atoms with Crippen LogP contribution in [-0.4, -0.2) is 27.8 Å². The van der Waals surface area contributed by atoms with Gasteiger partial charge < -0.3 is 5.32 Å². The van der Waals surface area contributed by atoms with Gasteiger partial charge in [0.25, 0.3) is 5.56 Å². The number of amides is 1. The predicted molar refractivity (Wildman–Crippen MR) is 115 cm³/mol. The maximum atomic E-state index is 12.8. The number of hydrogen-bond acceptors (Lipinski definition) is 4. The van der Waals surface area contributed by atoms with Gasteiger partial charge in [0.2, 0.25) is 5.91 Å². The van der Waals surface area contributed by atoms with Crippen molar-refractivity contribution in [3.05, 3.63) is 70.5 Å². The molecule has 146 valence electrons. The summed E-state index contributed by atoms with van der Waals surface area (Å²) in [4.78, 5) is 29.7. The largest absolute Gasteiger partial charge is 0.355 e. The molecule has 5 nitrogen and oxygen atoms in total. The lowest BCUT2D eigenvalue weighted by Crippen LogP contribution is -2.29. The predicted octanol–water partition coefficient (Wildman–Crippen LogP) is 3.82. The number of nitrogens with zero attached hydrogens (tertiary/aromatic N) is 2. The van der Waals surface area contributed by atoms with Gasteiger partial charge in [0.05, 0.1) is 16.7 Å². The van der Waals surface area contributed by atoms with Gasteiger partial charge in [0, 0.05) is 13.1 Å². The second-order valence-electron chi connectivity index (χ2n) is 6.77. The maximum absolute atomic E-state index is 12.8. The molecule has 1 N–H and O–H groups in total. The molecule has 0 aliphatic heterocycles. The fraction of sp³-hybridized carbons (Fsp3) is 0.318. The van der Waals surface area contributed by atoms with Gasteiger partial charge in [-0.3, -0.25) is 14.2 Å². The third-order valence-corrected chi connectivity index (χ3v) is 5.56. The van der Waals surface area contributed by atoms with Crippen LogP contribution in [0.4, 0.5) is 0 Å². The Morgan fingerprint density at radius 2 is 1.86 bits per heavy atom. The van der Waals surface area contributed by atoms with Crippen molar-refractivity contribution in [2.45, 2.75) is 37.9 Å². The van der Waals surface area contributed by atoms with Gasteiger partial charge in [-0.05, 0) is 30.0 Å². The van der Waals surface area contributed by atoms with Crippen molar-refractivity contribution in [2.24, 2.45) is 0 Å². The topological polar surface area (TPSA) is 64.0 Å². The highest BCUT2D eigenvalue weighted by Crippen LogP contribution is 2.18. The minimum atomic E-state index is -0.0572. The van der Waals surface area contributed by atoms with Crippen LogP contribution in [0.3, 0.4) is 0 Å². The first-order chi connectivity index (χ1) is 13.6. The fourth-order valence-electron chi connectivity index (χ4n) is 3.03. The van der Waals surface area contributed by atoms with E-state index in [-0.39, 0.29) is 23.1 Å². The minimum absolute atomic E-state index is 0.0481. The van der Waals surface area contributed by atoms with E-state index in [1.165, 1.54) is 17.3 Å². The van der Waals surface area contributed by atoms with Gasteiger partial charge in [-0.1, -0.05) is 68.1 Å². The van der Waals surface area contributed by atoms with Crippen LogP contribution >= 0.6 is 11.8 Å². The lowest BCUT2D eigenvalue weighted by atomic mass is 10.0. The van der Waals surface area contributed by atoms with Crippen molar-refractivity contribution in [1.82, 2.24) is 14.9 Å². The number of para-hydroxylation sites is 1. The number of rotatable bonds is 8. The molecule has 2 aromatic carbocycles. The monoisotopic (exact) mass is 395 g/mol. The van der Waals surface area contributed by atoms with Crippen LogP contribution in [0.15, 0.2) is 64.5 Å². The van der Waals surface area contributed by atoms with Crippen molar-refractivity contribution in [1.29, 1.82) is 0 Å². The Labute approximate surface area is 169 Å². The molecule has 0 spiro atoms. The molecule has 1 amide bonds. The zero-order valence-corrected chi connectivity index (χ0v) is 17.0. The molecule has 1 aromatic heterocycles. The Hall–Kier alpha value is -2.60. The summed E-state index contributed by atoms with van der Waals surface area (Å²) in [6.45, 7) is 5.28. The zero-order valence-electron chi connectivity index (χ0n) is 16.2. The molecule has 0 saturated carbocycles. The first-order valence-electron chi connectivity index (χ1n) is 9.54. The highest BCUT2D eigenvalue weighted by atomic mass is 32.2. The van der Waals surface area contributed by atoms with E-state index >= 15 is 0 Å². The summed E-state index contributed by atoms with van der Waals surface area (Å²) >= 11 is 1.31. The molecule has 1 atom stereocenters. The number of carbonyl (C=O) groups is 1. The highest BCUT2D eigenvalue weighted by molar-refractivity contribution is 7.99. The molecule has 0 unspecified atom stereocenters. The van der Waals surface area contributed by atoms with Crippen molar-refractivity contribution >= 4 is 28.6 Å². The second kappa shape index (κ2) is 9.55. The molecule has 0 fully saturated rings. The van der Waals surface area contributed by atoms with Crippen molar-refractivity contribution in [3.8, 4) is 0 Å². The third kappa shape index (κ3) is 4.81. The van der Waals surface area contributed by atoms with E-state index in [9.17, 15) is 9.59 Å². The van der Waals surface area contributed by atoms with E-state index in [1.54, 1.807) is 10.6 Å². The molecule has 0 saturated heterocycles. The Kier molecular flexibility index (Phi) is 6.87. The summed E-state index contributed by atoms with van der Waals surface area (Å²) in [7, 11) is 0. The first kappa shape index (κ1) is 20.1. The smallest absolute Gasteiger partial charge is 0.262 e. The SMILES string of the molecule is CCCn1c(SCC(=O)NC[C@H](C)c2ccccc2)nc2ccccc2c1=O. The molecule has 0 radical (unpaired) electrons. The molecular formula is C22H25N3O2S. The third-order valence-electron chi connectivity index (χ3n) is 4.58. The lowest BCUT2D eigenvalue weighted by molar-refractivity contribution is -0.118. The minimum Gasteiger partial charge on any atom is -0.355 e. The number of nitrogens with one attached hydrogen (secondary N) is 1. The molecule has 28 heavy (non-hydrogen) atoms. The van der Waals surface area contributed by atoms with Crippen LogP contribution in [0.5, 0.6) is 0 Å². The lowest BCUT2D eigenvalue weighted by Gasteiger charge is -2.14. The van der Waals surface area contributed by atoms with E-state index in [2.05, 4.69) is 29.4 Å². The molecule has 3 aromatic rings. The maximum Gasteiger partial charge on any atom is 0.262 e. The average Bonchev–Trinajstić information content (AvgIpc) is 2.73. The highest BCUT2D eigenvalue weighted by Gasteiger charge is 2.13. The van der Waals surface area contributed by atoms with E-state index < -0.39 is 0 Å². The van der Waals surface area contributed by atoms with Crippen molar-refractivity contribution < 1.29 is 4.79 Å². The molecule has 1 heterocycles. The van der Waals surface area contributed by atoms with Crippen LogP contribution in [0.2, 0.25) is 0 Å². The summed E-state index contributed by atoms with van der Waals surface area (Å²) in [5.74, 6) is 0.418. The van der Waals surface area contributed by atoms with Gasteiger partial charge >= 0.3 is 0 Å². The van der Waals surface area contributed by atoms with E-state index in [0.29, 0.717) is 29.1 Å². The number of fused-ring (bicyclic) bond motifs is 1. The molecule has 6 heteroatoms. The van der Waals surface area contributed by atoms with Gasteiger partial charge in [-0.25, -0.2) is 4.98 Å². The summed E-state index contributed by atoms with van der Waals surface area (Å²) in [6.07, 6.45) is 0.828. The van der Waals surface area contributed by atoms with Crippen LogP contribution in [0.25, 0.3) is 10.9 Å². The van der Waals surface area contributed by atoms with Gasteiger partial charge in [-0.2, -0.15) is 0 Å². The Morgan fingerprint density at radius 3 is 2.61 bits per heavy atom. The second-order valence-corrected chi connectivity index (χ2v) is 7.72. The fourth-order valence-corrected chi connectivity index (χ4v) is 3.88. The number of thioether (sulfide) groups is 1. The van der Waals surface area contributed by atoms with E-state index in [1.807, 2.05) is 43.3 Å². The van der Waals surface area contributed by atoms with Crippen molar-refractivity contribution in [3.63, 3.8) is 0 Å². The van der Waals surface area contributed by atoms with Gasteiger partial charge in [0.1, 0.15) is 0 Å². The van der Waals surface area contributed by atoms with E-state index in [4.69, 9.17) is 0 Å². The molecule has 3 rings (SSSR count). The Bertz CT molecular complexity index is 1000. The first-order valence-corrected chi connectivity index (χ1v) is 10.5. The Morgan fingerprint density at radius 1 is 1.14 bits per heavy atom. The molecule has 0 aliphatic carbocycles. The van der Waals surface area contributed by atoms with Crippen LogP contribution < -0.4 is 10.9 Å². The normalized spacial score (nSPS) is 12.1. The number of benzene rings is 2. The summed E-state index contributed by atoms with van der Waals surface area (Å²) in [6, 6.07) is 17.5.